The average Bonchev–Trinajstić information content (AvgIpc) is 2.60. The molecule has 0 bridgehead atoms. The fourth-order valence-corrected chi connectivity index (χ4v) is 3.23. The minimum atomic E-state index is -0.504. The summed E-state index contributed by atoms with van der Waals surface area (Å²) < 4.78 is -0.154. The second-order valence-electron chi connectivity index (χ2n) is 6.35. The molecule has 2 aromatic carbocycles. The molecule has 0 saturated heterocycles. The number of anilines is 2. The maximum Gasteiger partial charge on any atom is 0.293 e. The maximum absolute atomic E-state index is 11.5. The molecule has 2 rings (SSSR count). The highest BCUT2D eigenvalue weighted by Crippen LogP contribution is 2.38. The van der Waals surface area contributed by atoms with Gasteiger partial charge < -0.3 is 9.80 Å². The first-order valence-corrected chi connectivity index (χ1v) is 8.77. The SMILES string of the molecule is CN(C)c1ccc(C(=C(Cl)Cl)c2ccc(N(C)C)c([N+](=O)[O-])c2)cc1[N+](=O)[O-]. The van der Waals surface area contributed by atoms with Crippen LogP contribution in [0.4, 0.5) is 22.7 Å². The Hall–Kier alpha value is -2.84. The van der Waals surface area contributed by atoms with Gasteiger partial charge in [0.1, 0.15) is 15.9 Å². The summed E-state index contributed by atoms with van der Waals surface area (Å²) in [5.74, 6) is 0. The molecule has 0 aromatic heterocycles. The maximum atomic E-state index is 11.5. The molecule has 0 atom stereocenters. The zero-order valence-electron chi connectivity index (χ0n) is 15.6. The van der Waals surface area contributed by atoms with Crippen molar-refractivity contribution in [2.75, 3.05) is 38.0 Å². The quantitative estimate of drug-likeness (QED) is 0.486. The molecule has 0 radical (unpaired) electrons. The molecule has 0 aliphatic carbocycles. The van der Waals surface area contributed by atoms with E-state index >= 15 is 0 Å². The smallest absolute Gasteiger partial charge is 0.293 e. The Labute approximate surface area is 171 Å². The molecule has 0 fully saturated rings. The largest absolute Gasteiger partial charge is 0.372 e. The van der Waals surface area contributed by atoms with Gasteiger partial charge in [0.25, 0.3) is 11.4 Å². The summed E-state index contributed by atoms with van der Waals surface area (Å²) in [7, 11) is 6.76. The average molecular weight is 425 g/mol. The van der Waals surface area contributed by atoms with E-state index in [1.807, 2.05) is 0 Å². The van der Waals surface area contributed by atoms with Gasteiger partial charge in [0.15, 0.2) is 0 Å². The fourth-order valence-electron chi connectivity index (χ4n) is 2.79. The second-order valence-corrected chi connectivity index (χ2v) is 7.29. The van der Waals surface area contributed by atoms with Crippen molar-refractivity contribution in [2.24, 2.45) is 0 Å². The Balaban J connectivity index is 2.71. The van der Waals surface area contributed by atoms with E-state index in [1.54, 1.807) is 62.3 Å². The summed E-state index contributed by atoms with van der Waals surface area (Å²) in [5.41, 5.74) is 1.59. The topological polar surface area (TPSA) is 92.8 Å². The molecule has 8 nitrogen and oxygen atoms in total. The zero-order chi connectivity index (χ0) is 21.2. The number of rotatable bonds is 6. The van der Waals surface area contributed by atoms with Crippen LogP contribution in [0.2, 0.25) is 0 Å². The standard InChI is InChI=1S/C18H18Cl2N4O4/c1-21(2)13-7-5-11(9-15(13)23(25)26)17(18(19)20)12-6-8-14(22(3)4)16(10-12)24(27)28/h5-10H,1-4H3. The van der Waals surface area contributed by atoms with Gasteiger partial charge in [-0.2, -0.15) is 0 Å². The Morgan fingerprint density at radius 3 is 1.39 bits per heavy atom. The molecule has 0 heterocycles. The number of halogens is 2. The molecule has 28 heavy (non-hydrogen) atoms. The highest BCUT2D eigenvalue weighted by Gasteiger charge is 2.22. The normalized spacial score (nSPS) is 10.4. The van der Waals surface area contributed by atoms with Crippen LogP contribution in [0.25, 0.3) is 5.57 Å². The Morgan fingerprint density at radius 1 is 0.786 bits per heavy atom. The zero-order valence-corrected chi connectivity index (χ0v) is 17.2. The van der Waals surface area contributed by atoms with Gasteiger partial charge in [-0.25, -0.2) is 0 Å². The first-order chi connectivity index (χ1) is 13.0. The van der Waals surface area contributed by atoms with Crippen molar-refractivity contribution in [3.63, 3.8) is 0 Å². The molecule has 10 heteroatoms. The molecule has 0 amide bonds. The number of nitro groups is 2. The lowest BCUT2D eigenvalue weighted by Crippen LogP contribution is -2.11. The van der Waals surface area contributed by atoms with E-state index in [9.17, 15) is 20.2 Å². The Morgan fingerprint density at radius 2 is 1.14 bits per heavy atom. The van der Waals surface area contributed by atoms with E-state index < -0.39 is 9.85 Å². The van der Waals surface area contributed by atoms with Gasteiger partial charge in [-0.3, -0.25) is 20.2 Å². The molecular formula is C18H18Cl2N4O4. The van der Waals surface area contributed by atoms with Gasteiger partial charge >= 0.3 is 0 Å². The van der Waals surface area contributed by atoms with Crippen molar-refractivity contribution in [3.8, 4) is 0 Å². The van der Waals surface area contributed by atoms with Crippen molar-refractivity contribution >= 4 is 51.5 Å². The van der Waals surface area contributed by atoms with Gasteiger partial charge in [0.05, 0.1) is 9.85 Å². The third kappa shape index (κ3) is 4.35. The predicted molar refractivity (Wildman–Crippen MR) is 113 cm³/mol. The van der Waals surface area contributed by atoms with E-state index in [4.69, 9.17) is 23.2 Å². The van der Waals surface area contributed by atoms with Crippen LogP contribution in [-0.2, 0) is 0 Å². The van der Waals surface area contributed by atoms with E-state index in [0.29, 0.717) is 22.5 Å². The van der Waals surface area contributed by atoms with Crippen molar-refractivity contribution < 1.29 is 9.85 Å². The Kier molecular flexibility index (Phi) is 6.48. The minimum absolute atomic E-state index is 0.131. The molecule has 0 saturated carbocycles. The monoisotopic (exact) mass is 424 g/mol. The van der Waals surface area contributed by atoms with Crippen molar-refractivity contribution in [2.45, 2.75) is 0 Å². The number of nitrogens with zero attached hydrogens (tertiary/aromatic N) is 4. The minimum Gasteiger partial charge on any atom is -0.372 e. The van der Waals surface area contributed by atoms with Crippen LogP contribution >= 0.6 is 23.2 Å². The molecule has 0 N–H and O–H groups in total. The van der Waals surface area contributed by atoms with Crippen molar-refractivity contribution in [1.82, 2.24) is 0 Å². The van der Waals surface area contributed by atoms with E-state index in [-0.39, 0.29) is 21.4 Å². The third-order valence-corrected chi connectivity index (χ3v) is 4.45. The van der Waals surface area contributed by atoms with Gasteiger partial charge in [-0.15, -0.1) is 0 Å². The number of benzene rings is 2. The molecular weight excluding hydrogens is 407 g/mol. The molecule has 0 spiro atoms. The second kappa shape index (κ2) is 8.45. The number of hydrogen-bond acceptors (Lipinski definition) is 6. The van der Waals surface area contributed by atoms with E-state index in [1.165, 1.54) is 12.1 Å². The lowest BCUT2D eigenvalue weighted by molar-refractivity contribution is -0.384. The van der Waals surface area contributed by atoms with Gasteiger partial charge in [0.2, 0.25) is 0 Å². The lowest BCUT2D eigenvalue weighted by atomic mass is 9.97. The van der Waals surface area contributed by atoms with E-state index in [2.05, 4.69) is 0 Å². The van der Waals surface area contributed by atoms with Crippen LogP contribution in [0.3, 0.4) is 0 Å². The first kappa shape index (κ1) is 21.5. The summed E-state index contributed by atoms with van der Waals surface area (Å²) in [5, 5.41) is 22.9. The molecule has 148 valence electrons. The van der Waals surface area contributed by atoms with Crippen LogP contribution < -0.4 is 9.80 Å². The van der Waals surface area contributed by atoms with Gasteiger partial charge in [-0.05, 0) is 23.3 Å². The Bertz CT molecular complexity index is 899. The van der Waals surface area contributed by atoms with Gasteiger partial charge in [-0.1, -0.05) is 35.3 Å². The lowest BCUT2D eigenvalue weighted by Gasteiger charge is -2.16. The first-order valence-electron chi connectivity index (χ1n) is 8.02. The van der Waals surface area contributed by atoms with Crippen LogP contribution in [0.1, 0.15) is 11.1 Å². The van der Waals surface area contributed by atoms with Crippen LogP contribution in [0.15, 0.2) is 40.9 Å². The fraction of sp³-hybridized carbons (Fsp3) is 0.222. The number of hydrogen-bond donors (Lipinski definition) is 0. The summed E-state index contributed by atoms with van der Waals surface area (Å²) in [4.78, 5) is 25.2. The summed E-state index contributed by atoms with van der Waals surface area (Å²) in [6, 6.07) is 9.12. The molecule has 0 aliphatic heterocycles. The summed E-state index contributed by atoms with van der Waals surface area (Å²) in [6.45, 7) is 0. The molecule has 2 aromatic rings. The van der Waals surface area contributed by atoms with E-state index in [0.717, 1.165) is 0 Å². The van der Waals surface area contributed by atoms with Crippen LogP contribution in [0, 0.1) is 20.2 Å². The summed E-state index contributed by atoms with van der Waals surface area (Å²) >= 11 is 12.1. The highest BCUT2D eigenvalue weighted by atomic mass is 35.5. The van der Waals surface area contributed by atoms with Gasteiger partial charge in [0, 0.05) is 45.9 Å². The predicted octanol–water partition coefficient (Wildman–Crippen LogP) is 4.83. The third-order valence-electron chi connectivity index (χ3n) is 4.07. The highest BCUT2D eigenvalue weighted by molar-refractivity contribution is 6.59. The van der Waals surface area contributed by atoms with Crippen LogP contribution in [0.5, 0.6) is 0 Å². The van der Waals surface area contributed by atoms with Crippen molar-refractivity contribution in [1.29, 1.82) is 0 Å². The van der Waals surface area contributed by atoms with Crippen LogP contribution in [-0.4, -0.2) is 38.0 Å². The molecule has 0 unspecified atom stereocenters. The number of nitro benzene ring substituents is 2. The van der Waals surface area contributed by atoms with Crippen molar-refractivity contribution in [3.05, 3.63) is 72.2 Å². The summed E-state index contributed by atoms with van der Waals surface area (Å²) in [6.07, 6.45) is 0. The molecule has 0 aliphatic rings.